The van der Waals surface area contributed by atoms with Crippen molar-refractivity contribution in [3.05, 3.63) is 135 Å². The van der Waals surface area contributed by atoms with E-state index < -0.39 is 11.9 Å². The van der Waals surface area contributed by atoms with Gasteiger partial charge in [0.1, 0.15) is 41.3 Å². The van der Waals surface area contributed by atoms with E-state index in [9.17, 15) is 14.4 Å². The fourth-order valence-corrected chi connectivity index (χ4v) is 4.64. The van der Waals surface area contributed by atoms with Crippen LogP contribution >= 0.6 is 15.9 Å². The summed E-state index contributed by atoms with van der Waals surface area (Å²) in [5, 5.41) is 9.88. The van der Waals surface area contributed by atoms with Gasteiger partial charge in [0, 0.05) is 21.7 Å². The topological polar surface area (TPSA) is 94.6 Å². The molecule has 188 valence electrons. The maximum Gasteiger partial charge on any atom is 0.344 e. The van der Waals surface area contributed by atoms with Crippen molar-refractivity contribution in [1.29, 1.82) is 5.26 Å². The summed E-state index contributed by atoms with van der Waals surface area (Å²) < 4.78 is 31.8. The first kappa shape index (κ1) is 25.1. The lowest BCUT2D eigenvalue weighted by atomic mass is 9.83. The highest BCUT2D eigenvalue weighted by atomic mass is 79.9. The van der Waals surface area contributed by atoms with Crippen LogP contribution in [0.4, 0.5) is 4.39 Å². The molecule has 0 bridgehead atoms. The molecule has 4 aromatic rings. The Balaban J connectivity index is 1.43. The molecule has 0 saturated carbocycles. The first-order chi connectivity index (χ1) is 18.4. The van der Waals surface area contributed by atoms with Gasteiger partial charge in [0.2, 0.25) is 5.88 Å². The Labute approximate surface area is 226 Å². The summed E-state index contributed by atoms with van der Waals surface area (Å²) in [7, 11) is 0. The SMILES string of the molecule is N#CC1=C(N)Oc2cc(OC(=O)c3ccccc3Br)ccc2C1c1cccc(OCc2ccccc2F)c1. The van der Waals surface area contributed by atoms with Crippen LogP contribution < -0.4 is 19.9 Å². The predicted molar refractivity (Wildman–Crippen MR) is 142 cm³/mol. The van der Waals surface area contributed by atoms with Crippen molar-refractivity contribution in [3.63, 3.8) is 0 Å². The molecule has 1 aliphatic rings. The van der Waals surface area contributed by atoms with Gasteiger partial charge in [0.15, 0.2) is 0 Å². The molecular weight excluding hydrogens is 551 g/mol. The van der Waals surface area contributed by atoms with E-state index in [2.05, 4.69) is 22.0 Å². The van der Waals surface area contributed by atoms with Crippen LogP contribution in [0.15, 0.2) is 107 Å². The number of fused-ring (bicyclic) bond motifs is 1. The third kappa shape index (κ3) is 5.10. The number of esters is 1. The highest BCUT2D eigenvalue weighted by molar-refractivity contribution is 9.10. The minimum Gasteiger partial charge on any atom is -0.489 e. The van der Waals surface area contributed by atoms with Gasteiger partial charge >= 0.3 is 5.97 Å². The second kappa shape index (κ2) is 10.8. The van der Waals surface area contributed by atoms with Crippen LogP contribution in [-0.4, -0.2) is 5.97 Å². The fraction of sp³-hybridized carbons (Fsp3) is 0.0667. The van der Waals surface area contributed by atoms with Crippen molar-refractivity contribution < 1.29 is 23.4 Å². The third-order valence-corrected chi connectivity index (χ3v) is 6.73. The van der Waals surface area contributed by atoms with Gasteiger partial charge in [-0.05, 0) is 57.9 Å². The number of hydrogen-bond donors (Lipinski definition) is 1. The van der Waals surface area contributed by atoms with Crippen LogP contribution in [0.2, 0.25) is 0 Å². The van der Waals surface area contributed by atoms with E-state index >= 15 is 0 Å². The number of nitriles is 1. The largest absolute Gasteiger partial charge is 0.489 e. The second-order valence-electron chi connectivity index (χ2n) is 8.45. The van der Waals surface area contributed by atoms with E-state index in [0.29, 0.717) is 32.7 Å². The quantitative estimate of drug-likeness (QED) is 0.207. The maximum absolute atomic E-state index is 14.0. The highest BCUT2D eigenvalue weighted by Gasteiger charge is 2.31. The lowest BCUT2D eigenvalue weighted by molar-refractivity contribution is 0.0733. The molecule has 1 unspecified atom stereocenters. The molecule has 0 fully saturated rings. The van der Waals surface area contributed by atoms with Gasteiger partial charge in [0.05, 0.1) is 11.5 Å². The number of carbonyl (C=O) groups excluding carboxylic acids is 1. The Bertz CT molecular complexity index is 1610. The predicted octanol–water partition coefficient (Wildman–Crippen LogP) is 6.60. The molecule has 0 radical (unpaired) electrons. The first-order valence-electron chi connectivity index (χ1n) is 11.6. The Morgan fingerprint density at radius 2 is 1.79 bits per heavy atom. The number of halogens is 2. The number of rotatable bonds is 6. The first-order valence-corrected chi connectivity index (χ1v) is 12.4. The van der Waals surface area contributed by atoms with Gasteiger partial charge < -0.3 is 19.9 Å². The molecule has 0 aromatic heterocycles. The van der Waals surface area contributed by atoms with Crippen LogP contribution in [0, 0.1) is 17.1 Å². The molecule has 0 saturated heterocycles. The number of nitrogens with two attached hydrogens (primary N) is 1. The molecule has 8 heteroatoms. The van der Waals surface area contributed by atoms with Gasteiger partial charge in [-0.2, -0.15) is 5.26 Å². The van der Waals surface area contributed by atoms with Crippen molar-refractivity contribution in [2.24, 2.45) is 5.73 Å². The molecule has 1 atom stereocenters. The average Bonchev–Trinajstić information content (AvgIpc) is 2.92. The van der Waals surface area contributed by atoms with Gasteiger partial charge in [-0.25, -0.2) is 9.18 Å². The monoisotopic (exact) mass is 570 g/mol. The highest BCUT2D eigenvalue weighted by Crippen LogP contribution is 2.44. The Kier molecular flexibility index (Phi) is 7.11. The zero-order valence-electron chi connectivity index (χ0n) is 19.9. The molecule has 5 rings (SSSR count). The van der Waals surface area contributed by atoms with E-state index in [0.717, 1.165) is 5.56 Å². The number of carbonyl (C=O) groups is 1. The lowest BCUT2D eigenvalue weighted by Gasteiger charge is -2.27. The average molecular weight is 571 g/mol. The van der Waals surface area contributed by atoms with Crippen LogP contribution in [0.3, 0.4) is 0 Å². The summed E-state index contributed by atoms with van der Waals surface area (Å²) in [6.45, 7) is 0.0514. The van der Waals surface area contributed by atoms with E-state index in [1.165, 1.54) is 6.07 Å². The standard InChI is InChI=1S/C30H20BrFN2O4/c31-25-10-3-2-9-22(25)30(35)37-21-12-13-23-27(15-21)38-29(34)24(16-33)28(23)18-7-5-8-20(14-18)36-17-19-6-1-4-11-26(19)32/h1-15,28H,17,34H2. The van der Waals surface area contributed by atoms with Crippen LogP contribution in [-0.2, 0) is 6.61 Å². The Hall–Kier alpha value is -4.61. The van der Waals surface area contributed by atoms with E-state index in [1.807, 2.05) is 6.07 Å². The summed E-state index contributed by atoms with van der Waals surface area (Å²) in [5.41, 5.74) is 8.58. The summed E-state index contributed by atoms with van der Waals surface area (Å²) in [6.07, 6.45) is 0. The van der Waals surface area contributed by atoms with Crippen LogP contribution in [0.25, 0.3) is 0 Å². The molecule has 4 aromatic carbocycles. The summed E-state index contributed by atoms with van der Waals surface area (Å²) in [5.74, 6) is -0.342. The zero-order valence-corrected chi connectivity index (χ0v) is 21.4. The molecule has 6 nitrogen and oxygen atoms in total. The number of ether oxygens (including phenoxy) is 3. The number of allylic oxidation sites excluding steroid dienone is 1. The second-order valence-corrected chi connectivity index (χ2v) is 9.30. The number of nitrogens with zero attached hydrogens (tertiary/aromatic N) is 1. The van der Waals surface area contributed by atoms with Gasteiger partial charge in [0.25, 0.3) is 0 Å². The maximum atomic E-state index is 14.0. The van der Waals surface area contributed by atoms with Crippen molar-refractivity contribution >= 4 is 21.9 Å². The smallest absolute Gasteiger partial charge is 0.344 e. The Morgan fingerprint density at radius 1 is 1.00 bits per heavy atom. The van der Waals surface area contributed by atoms with Crippen molar-refractivity contribution in [2.45, 2.75) is 12.5 Å². The summed E-state index contributed by atoms with van der Waals surface area (Å²) in [4.78, 5) is 12.7. The number of hydrogen-bond acceptors (Lipinski definition) is 6. The Morgan fingerprint density at radius 3 is 2.58 bits per heavy atom. The summed E-state index contributed by atoms with van der Waals surface area (Å²) in [6, 6.07) is 27.6. The molecule has 1 aliphatic heterocycles. The normalized spacial score (nSPS) is 14.2. The zero-order chi connectivity index (χ0) is 26.6. The van der Waals surface area contributed by atoms with Gasteiger partial charge in [-0.3, -0.25) is 0 Å². The van der Waals surface area contributed by atoms with E-state index in [-0.39, 0.29) is 29.6 Å². The molecule has 38 heavy (non-hydrogen) atoms. The molecule has 1 heterocycles. The van der Waals surface area contributed by atoms with Gasteiger partial charge in [-0.1, -0.05) is 48.5 Å². The van der Waals surface area contributed by atoms with Crippen LogP contribution in [0.5, 0.6) is 17.2 Å². The molecular formula is C30H20BrFN2O4. The van der Waals surface area contributed by atoms with Crippen LogP contribution in [0.1, 0.15) is 33.0 Å². The number of benzene rings is 4. The van der Waals surface area contributed by atoms with E-state index in [1.54, 1.807) is 78.9 Å². The molecule has 0 aliphatic carbocycles. The minimum atomic E-state index is -0.547. The van der Waals surface area contributed by atoms with Crippen molar-refractivity contribution in [3.8, 4) is 23.3 Å². The fourth-order valence-electron chi connectivity index (χ4n) is 4.19. The summed E-state index contributed by atoms with van der Waals surface area (Å²) >= 11 is 3.35. The van der Waals surface area contributed by atoms with Crippen molar-refractivity contribution in [2.75, 3.05) is 0 Å². The molecule has 0 spiro atoms. The molecule has 2 N–H and O–H groups in total. The third-order valence-electron chi connectivity index (χ3n) is 6.04. The van der Waals surface area contributed by atoms with Gasteiger partial charge in [-0.15, -0.1) is 0 Å². The molecule has 0 amide bonds. The van der Waals surface area contributed by atoms with Crippen molar-refractivity contribution in [1.82, 2.24) is 0 Å². The minimum absolute atomic E-state index is 0.0445. The van der Waals surface area contributed by atoms with E-state index in [4.69, 9.17) is 19.9 Å². The lowest BCUT2D eigenvalue weighted by Crippen LogP contribution is -2.21.